The number of esters is 1. The molecule has 1 unspecified atom stereocenters. The van der Waals surface area contributed by atoms with Crippen LogP contribution in [0.3, 0.4) is 0 Å². The molecule has 1 atom stereocenters. The van der Waals surface area contributed by atoms with Crippen molar-refractivity contribution in [1.29, 1.82) is 0 Å². The Morgan fingerprint density at radius 1 is 1.47 bits per heavy atom. The molecule has 15 heavy (non-hydrogen) atoms. The third kappa shape index (κ3) is 7.33. The standard InChI is InChI=1S/C8H14O2.C3H9NO/c1-10-8(9)7-5-3-2-4-6-7;1-3(4)2-5/h7H,2-6H2,1H3;3,5H,2,4H2,1H3. The SMILES string of the molecule is CC(N)CO.COC(=O)C1CCCCC1. The van der Waals surface area contributed by atoms with Gasteiger partial charge in [0.2, 0.25) is 0 Å². The molecule has 0 spiro atoms. The number of nitrogens with two attached hydrogens (primary N) is 1. The van der Waals surface area contributed by atoms with E-state index in [0.717, 1.165) is 12.8 Å². The van der Waals surface area contributed by atoms with Gasteiger partial charge in [0.1, 0.15) is 0 Å². The highest BCUT2D eigenvalue weighted by Crippen LogP contribution is 2.24. The zero-order valence-electron chi connectivity index (χ0n) is 9.74. The number of aliphatic hydroxyl groups is 1. The molecule has 3 N–H and O–H groups in total. The van der Waals surface area contributed by atoms with Gasteiger partial charge in [0.05, 0.1) is 19.6 Å². The van der Waals surface area contributed by atoms with Crippen LogP contribution >= 0.6 is 0 Å². The van der Waals surface area contributed by atoms with Crippen LogP contribution in [0, 0.1) is 5.92 Å². The van der Waals surface area contributed by atoms with Crippen LogP contribution in [0.2, 0.25) is 0 Å². The molecule has 0 aliphatic heterocycles. The molecule has 1 fully saturated rings. The van der Waals surface area contributed by atoms with Crippen molar-refractivity contribution in [3.63, 3.8) is 0 Å². The van der Waals surface area contributed by atoms with Gasteiger partial charge >= 0.3 is 5.97 Å². The average molecular weight is 217 g/mol. The highest BCUT2D eigenvalue weighted by atomic mass is 16.5. The maximum absolute atomic E-state index is 10.9. The van der Waals surface area contributed by atoms with Crippen molar-refractivity contribution >= 4 is 5.97 Å². The predicted molar refractivity (Wildman–Crippen MR) is 59.3 cm³/mol. The van der Waals surface area contributed by atoms with E-state index in [2.05, 4.69) is 4.74 Å². The number of hydrogen-bond acceptors (Lipinski definition) is 4. The van der Waals surface area contributed by atoms with E-state index < -0.39 is 0 Å². The molecular formula is C11H23NO3. The molecule has 0 radical (unpaired) electrons. The summed E-state index contributed by atoms with van der Waals surface area (Å²) in [4.78, 5) is 10.9. The van der Waals surface area contributed by atoms with E-state index in [1.165, 1.54) is 26.4 Å². The summed E-state index contributed by atoms with van der Waals surface area (Å²) < 4.78 is 4.65. The summed E-state index contributed by atoms with van der Waals surface area (Å²) in [7, 11) is 1.47. The number of carbonyl (C=O) groups is 1. The quantitative estimate of drug-likeness (QED) is 0.678. The van der Waals surface area contributed by atoms with Crippen LogP contribution in [0.4, 0.5) is 0 Å². The highest BCUT2D eigenvalue weighted by Gasteiger charge is 2.20. The Labute approximate surface area is 91.8 Å². The van der Waals surface area contributed by atoms with Crippen LogP contribution in [0.25, 0.3) is 0 Å². The van der Waals surface area contributed by atoms with Crippen LogP contribution in [0.15, 0.2) is 0 Å². The van der Waals surface area contributed by atoms with Crippen molar-refractivity contribution < 1.29 is 14.6 Å². The summed E-state index contributed by atoms with van der Waals surface area (Å²) in [5, 5.41) is 8.02. The number of methoxy groups -OCH3 is 1. The Morgan fingerprint density at radius 3 is 2.27 bits per heavy atom. The lowest BCUT2D eigenvalue weighted by atomic mass is 9.89. The van der Waals surface area contributed by atoms with Crippen molar-refractivity contribution in [2.45, 2.75) is 45.1 Å². The molecule has 0 amide bonds. The zero-order chi connectivity index (χ0) is 11.7. The molecule has 0 bridgehead atoms. The van der Waals surface area contributed by atoms with Crippen molar-refractivity contribution in [3.05, 3.63) is 0 Å². The van der Waals surface area contributed by atoms with Crippen molar-refractivity contribution in [2.24, 2.45) is 11.7 Å². The van der Waals surface area contributed by atoms with E-state index in [1.807, 2.05) is 0 Å². The first-order valence-corrected chi connectivity index (χ1v) is 5.56. The highest BCUT2D eigenvalue weighted by molar-refractivity contribution is 5.72. The molecule has 1 aliphatic rings. The molecule has 4 heteroatoms. The molecule has 1 aliphatic carbocycles. The first-order chi connectivity index (χ1) is 7.11. The minimum absolute atomic E-state index is 0.0142. The number of ether oxygens (including phenoxy) is 1. The lowest BCUT2D eigenvalue weighted by Crippen LogP contribution is -2.18. The molecule has 0 aromatic heterocycles. The third-order valence-corrected chi connectivity index (χ3v) is 2.43. The maximum Gasteiger partial charge on any atom is 0.308 e. The van der Waals surface area contributed by atoms with E-state index in [0.29, 0.717) is 0 Å². The van der Waals surface area contributed by atoms with E-state index in [9.17, 15) is 4.79 Å². The Balaban J connectivity index is 0.000000336. The second-order valence-corrected chi connectivity index (χ2v) is 4.02. The predicted octanol–water partition coefficient (Wildman–Crippen LogP) is 1.07. The van der Waals surface area contributed by atoms with Crippen LogP contribution in [-0.4, -0.2) is 30.8 Å². The molecule has 4 nitrogen and oxygen atoms in total. The Morgan fingerprint density at radius 2 is 1.93 bits per heavy atom. The van der Waals surface area contributed by atoms with E-state index in [-0.39, 0.29) is 24.5 Å². The second-order valence-electron chi connectivity index (χ2n) is 4.02. The van der Waals surface area contributed by atoms with Gasteiger partial charge in [-0.05, 0) is 19.8 Å². The van der Waals surface area contributed by atoms with Gasteiger partial charge in [-0.25, -0.2) is 0 Å². The van der Waals surface area contributed by atoms with Gasteiger partial charge in [0, 0.05) is 6.04 Å². The fraction of sp³-hybridized carbons (Fsp3) is 0.909. The van der Waals surface area contributed by atoms with Gasteiger partial charge < -0.3 is 15.6 Å². The van der Waals surface area contributed by atoms with Crippen LogP contribution in [0.5, 0.6) is 0 Å². The molecule has 1 rings (SSSR count). The van der Waals surface area contributed by atoms with Gasteiger partial charge in [-0.15, -0.1) is 0 Å². The van der Waals surface area contributed by atoms with Gasteiger partial charge in [-0.2, -0.15) is 0 Å². The molecule has 0 aromatic carbocycles. The summed E-state index contributed by atoms with van der Waals surface area (Å²) in [6.45, 7) is 1.83. The van der Waals surface area contributed by atoms with E-state index in [4.69, 9.17) is 10.8 Å². The normalized spacial score (nSPS) is 18.7. The minimum Gasteiger partial charge on any atom is -0.469 e. The van der Waals surface area contributed by atoms with Crippen molar-refractivity contribution in [1.82, 2.24) is 0 Å². The molecule has 1 saturated carbocycles. The van der Waals surface area contributed by atoms with Crippen LogP contribution < -0.4 is 5.73 Å². The number of rotatable bonds is 2. The van der Waals surface area contributed by atoms with E-state index in [1.54, 1.807) is 6.92 Å². The van der Waals surface area contributed by atoms with Crippen molar-refractivity contribution in [3.8, 4) is 0 Å². The fourth-order valence-electron chi connectivity index (χ4n) is 1.50. The van der Waals surface area contributed by atoms with Crippen LogP contribution in [0.1, 0.15) is 39.0 Å². The maximum atomic E-state index is 10.9. The topological polar surface area (TPSA) is 72.6 Å². The second kappa shape index (κ2) is 8.68. The third-order valence-electron chi connectivity index (χ3n) is 2.43. The molecule has 0 heterocycles. The Kier molecular flexibility index (Phi) is 8.33. The molecule has 0 aromatic rings. The first kappa shape index (κ1) is 14.4. The molecule has 0 saturated heterocycles. The number of carbonyl (C=O) groups excluding carboxylic acids is 1. The van der Waals surface area contributed by atoms with Crippen molar-refractivity contribution in [2.75, 3.05) is 13.7 Å². The van der Waals surface area contributed by atoms with Gasteiger partial charge in [0.25, 0.3) is 0 Å². The lowest BCUT2D eigenvalue weighted by Gasteiger charge is -2.18. The van der Waals surface area contributed by atoms with E-state index >= 15 is 0 Å². The summed E-state index contributed by atoms with van der Waals surface area (Å²) in [5.41, 5.74) is 5.04. The monoisotopic (exact) mass is 217 g/mol. The first-order valence-electron chi connectivity index (χ1n) is 5.56. The average Bonchev–Trinajstić information content (AvgIpc) is 2.30. The Bertz CT molecular complexity index is 165. The summed E-state index contributed by atoms with van der Waals surface area (Å²) in [6, 6.07) is -0.0602. The summed E-state index contributed by atoms with van der Waals surface area (Å²) in [5.74, 6) is 0.193. The minimum atomic E-state index is -0.0602. The Hall–Kier alpha value is -0.610. The summed E-state index contributed by atoms with van der Waals surface area (Å²) >= 11 is 0. The molecular weight excluding hydrogens is 194 g/mol. The number of aliphatic hydroxyl groups excluding tert-OH is 1. The van der Waals surface area contributed by atoms with Crippen LogP contribution in [-0.2, 0) is 9.53 Å². The van der Waals surface area contributed by atoms with Gasteiger partial charge in [-0.1, -0.05) is 19.3 Å². The number of hydrogen-bond donors (Lipinski definition) is 2. The van der Waals surface area contributed by atoms with Gasteiger partial charge in [-0.3, -0.25) is 4.79 Å². The smallest absolute Gasteiger partial charge is 0.308 e. The van der Waals surface area contributed by atoms with Gasteiger partial charge in [0.15, 0.2) is 0 Å². The lowest BCUT2D eigenvalue weighted by molar-refractivity contribution is -0.146. The summed E-state index contributed by atoms with van der Waals surface area (Å²) in [6.07, 6.45) is 5.74. The fourth-order valence-corrected chi connectivity index (χ4v) is 1.50. The molecule has 90 valence electrons. The zero-order valence-corrected chi connectivity index (χ0v) is 9.74. The largest absolute Gasteiger partial charge is 0.469 e.